The van der Waals surface area contributed by atoms with Crippen molar-refractivity contribution in [2.75, 3.05) is 13.2 Å². The first-order chi connectivity index (χ1) is 9.56. The van der Waals surface area contributed by atoms with Crippen molar-refractivity contribution in [3.05, 3.63) is 0 Å². The Hall–Kier alpha value is -0.630. The van der Waals surface area contributed by atoms with Gasteiger partial charge in [0.15, 0.2) is 0 Å². The summed E-state index contributed by atoms with van der Waals surface area (Å²) < 4.78 is 11.7. The normalized spacial score (nSPS) is 21.7. The summed E-state index contributed by atoms with van der Waals surface area (Å²) in [5.41, 5.74) is -2.46. The Morgan fingerprint density at radius 1 is 1.14 bits per heavy atom. The fourth-order valence-corrected chi connectivity index (χ4v) is 2.76. The number of rotatable bonds is 5. The number of hydrogen-bond donors (Lipinski definition) is 1. The molecule has 0 radical (unpaired) electrons. The highest BCUT2D eigenvalue weighted by Gasteiger charge is 2.79. The van der Waals surface area contributed by atoms with Gasteiger partial charge in [0.2, 0.25) is 0 Å². The van der Waals surface area contributed by atoms with E-state index >= 15 is 0 Å². The molecule has 0 aliphatic carbocycles. The Morgan fingerprint density at radius 2 is 1.52 bits per heavy atom. The molecule has 11 heteroatoms. The van der Waals surface area contributed by atoms with Crippen LogP contribution < -0.4 is 5.32 Å². The quantitative estimate of drug-likeness (QED) is 0.338. The standard InChI is InChI=1S/C10H11Cl4NO6/c1-3-19-5(16)8(11,6(17)20-4-2)9(10(12,13)14)15-7(18)21-9/h3-4H2,1-2H3,(H,15,18). The summed E-state index contributed by atoms with van der Waals surface area (Å²) >= 11 is 23.2. The van der Waals surface area contributed by atoms with E-state index in [1.807, 2.05) is 5.32 Å². The molecule has 0 saturated carbocycles. The molecule has 1 aliphatic heterocycles. The molecule has 1 atom stereocenters. The van der Waals surface area contributed by atoms with E-state index in [1.165, 1.54) is 13.8 Å². The number of carbonyl (C=O) groups is 3. The van der Waals surface area contributed by atoms with Crippen molar-refractivity contribution in [1.82, 2.24) is 5.32 Å². The highest BCUT2D eigenvalue weighted by molar-refractivity contribution is 6.69. The second kappa shape index (κ2) is 6.24. The Kier molecular flexibility index (Phi) is 5.47. The molecule has 1 amide bonds. The minimum absolute atomic E-state index is 0.114. The van der Waals surface area contributed by atoms with Crippen LogP contribution in [0.4, 0.5) is 4.79 Å². The van der Waals surface area contributed by atoms with Gasteiger partial charge in [0.05, 0.1) is 13.2 Å². The van der Waals surface area contributed by atoms with Crippen LogP contribution in [0.15, 0.2) is 0 Å². The van der Waals surface area contributed by atoms with Crippen molar-refractivity contribution < 1.29 is 28.6 Å². The van der Waals surface area contributed by atoms with Crippen molar-refractivity contribution in [3.8, 4) is 0 Å². The molecule has 1 saturated heterocycles. The topological polar surface area (TPSA) is 90.9 Å². The average molecular weight is 383 g/mol. The lowest BCUT2D eigenvalue weighted by Gasteiger charge is -2.50. The Bertz CT molecular complexity index is 437. The van der Waals surface area contributed by atoms with E-state index < -0.39 is 32.4 Å². The van der Waals surface area contributed by atoms with Crippen LogP contribution in [-0.4, -0.2) is 45.6 Å². The summed E-state index contributed by atoms with van der Waals surface area (Å²) in [7, 11) is 0. The molecule has 7 nitrogen and oxygen atoms in total. The second-order valence-corrected chi connectivity index (χ2v) is 6.64. The number of hydrogen-bond acceptors (Lipinski definition) is 6. The van der Waals surface area contributed by atoms with Crippen molar-refractivity contribution in [2.24, 2.45) is 0 Å². The third-order valence-electron chi connectivity index (χ3n) is 2.52. The number of cyclic esters (lactones) is 1. The second-order valence-electron chi connectivity index (χ2n) is 3.79. The van der Waals surface area contributed by atoms with Crippen LogP contribution >= 0.6 is 46.4 Å². The minimum atomic E-state index is -2.72. The van der Waals surface area contributed by atoms with Gasteiger partial charge in [-0.1, -0.05) is 46.4 Å². The van der Waals surface area contributed by atoms with Gasteiger partial charge < -0.3 is 14.2 Å². The predicted molar refractivity (Wildman–Crippen MR) is 74.5 cm³/mol. The Balaban J connectivity index is 3.37. The molecule has 0 aromatic heterocycles. The maximum atomic E-state index is 12.1. The molecule has 21 heavy (non-hydrogen) atoms. The number of nitrogens with one attached hydrogen (secondary N) is 1. The van der Waals surface area contributed by atoms with Crippen LogP contribution in [0.5, 0.6) is 0 Å². The van der Waals surface area contributed by atoms with E-state index in [0.717, 1.165) is 0 Å². The van der Waals surface area contributed by atoms with E-state index in [4.69, 9.17) is 60.6 Å². The molecular weight excluding hydrogens is 372 g/mol. The van der Waals surface area contributed by atoms with Crippen LogP contribution in [0, 0.1) is 0 Å². The summed E-state index contributed by atoms with van der Waals surface area (Å²) in [6, 6.07) is 0. The first-order valence-electron chi connectivity index (χ1n) is 5.68. The van der Waals surface area contributed by atoms with Crippen LogP contribution in [0.3, 0.4) is 0 Å². The van der Waals surface area contributed by atoms with Gasteiger partial charge in [-0.05, 0) is 13.8 Å². The monoisotopic (exact) mass is 381 g/mol. The molecule has 1 N–H and O–H groups in total. The third-order valence-corrected chi connectivity index (χ3v) is 3.89. The van der Waals surface area contributed by atoms with Crippen LogP contribution in [0.2, 0.25) is 0 Å². The lowest BCUT2D eigenvalue weighted by atomic mass is 9.93. The molecular formula is C10H11Cl4NO6. The summed E-state index contributed by atoms with van der Waals surface area (Å²) in [5.74, 6) is -2.56. The molecule has 0 aromatic carbocycles. The van der Waals surface area contributed by atoms with Crippen LogP contribution in [0.1, 0.15) is 13.8 Å². The SMILES string of the molecule is CCOC(=O)C(Cl)(C(=O)OCC)C1(C(Cl)(Cl)Cl)NC(=O)O1. The summed E-state index contributed by atoms with van der Waals surface area (Å²) in [6.07, 6.45) is -1.03. The molecule has 1 aliphatic rings. The minimum Gasteiger partial charge on any atom is -0.464 e. The highest BCUT2D eigenvalue weighted by Crippen LogP contribution is 2.52. The van der Waals surface area contributed by atoms with Crippen LogP contribution in [0.25, 0.3) is 0 Å². The Labute approximate surface area is 140 Å². The van der Waals surface area contributed by atoms with Gasteiger partial charge in [-0.3, -0.25) is 5.32 Å². The van der Waals surface area contributed by atoms with Crippen LogP contribution in [-0.2, 0) is 23.8 Å². The number of alkyl halides is 4. The fourth-order valence-electron chi connectivity index (χ4n) is 1.60. The molecule has 0 spiro atoms. The number of carbonyl (C=O) groups excluding carboxylic acids is 3. The summed E-state index contributed by atoms with van der Waals surface area (Å²) in [4.78, 5) is 32.6. The lowest BCUT2D eigenvalue weighted by Crippen LogP contribution is -2.82. The van der Waals surface area contributed by atoms with E-state index in [-0.39, 0.29) is 13.2 Å². The zero-order valence-electron chi connectivity index (χ0n) is 10.9. The van der Waals surface area contributed by atoms with E-state index in [2.05, 4.69) is 0 Å². The molecule has 0 aromatic rings. The zero-order chi connectivity index (χ0) is 16.5. The van der Waals surface area contributed by atoms with Gasteiger partial charge in [-0.15, -0.1) is 0 Å². The van der Waals surface area contributed by atoms with Gasteiger partial charge >= 0.3 is 22.9 Å². The highest BCUT2D eigenvalue weighted by atomic mass is 35.6. The molecule has 1 fully saturated rings. The van der Waals surface area contributed by atoms with E-state index in [1.54, 1.807) is 0 Å². The van der Waals surface area contributed by atoms with Crippen molar-refractivity contribution in [2.45, 2.75) is 28.2 Å². The van der Waals surface area contributed by atoms with Gasteiger partial charge in [0.25, 0.3) is 9.52 Å². The van der Waals surface area contributed by atoms with Gasteiger partial charge in [0, 0.05) is 0 Å². The molecule has 1 heterocycles. The number of esters is 2. The first kappa shape index (κ1) is 18.4. The fraction of sp³-hybridized carbons (Fsp3) is 0.700. The molecule has 1 rings (SSSR count). The largest absolute Gasteiger partial charge is 0.464 e. The predicted octanol–water partition coefficient (Wildman–Crippen LogP) is 1.90. The average Bonchev–Trinajstić information content (AvgIpc) is 2.32. The first-order valence-corrected chi connectivity index (χ1v) is 7.19. The summed E-state index contributed by atoms with van der Waals surface area (Å²) in [6.45, 7) is 2.72. The number of ether oxygens (including phenoxy) is 3. The van der Waals surface area contributed by atoms with Gasteiger partial charge in [-0.2, -0.15) is 0 Å². The van der Waals surface area contributed by atoms with Crippen molar-refractivity contribution in [3.63, 3.8) is 0 Å². The molecule has 0 bridgehead atoms. The molecule has 1 unspecified atom stereocenters. The van der Waals surface area contributed by atoms with Gasteiger partial charge in [-0.25, -0.2) is 14.4 Å². The zero-order valence-corrected chi connectivity index (χ0v) is 13.9. The van der Waals surface area contributed by atoms with E-state index in [9.17, 15) is 14.4 Å². The smallest absolute Gasteiger partial charge is 0.412 e. The lowest BCUT2D eigenvalue weighted by molar-refractivity contribution is -0.181. The maximum absolute atomic E-state index is 12.1. The van der Waals surface area contributed by atoms with E-state index in [0.29, 0.717) is 0 Å². The Morgan fingerprint density at radius 3 is 1.76 bits per heavy atom. The van der Waals surface area contributed by atoms with Crippen molar-refractivity contribution in [1.29, 1.82) is 0 Å². The molecule has 120 valence electrons. The summed E-state index contributed by atoms with van der Waals surface area (Å²) in [5, 5.41) is 2.02. The number of amides is 1. The third kappa shape index (κ3) is 2.84. The maximum Gasteiger partial charge on any atom is 0.412 e. The number of halogens is 4. The van der Waals surface area contributed by atoms with Gasteiger partial charge in [0.1, 0.15) is 0 Å². The van der Waals surface area contributed by atoms with Crippen molar-refractivity contribution >= 4 is 64.4 Å².